The van der Waals surface area contributed by atoms with Gasteiger partial charge >= 0.3 is 0 Å². The molecule has 0 atom stereocenters. The molecule has 5 nitrogen and oxygen atoms in total. The van der Waals surface area contributed by atoms with Crippen LogP contribution in [0.4, 0.5) is 0 Å². The van der Waals surface area contributed by atoms with Crippen molar-refractivity contribution in [3.8, 4) is 5.75 Å². The van der Waals surface area contributed by atoms with Gasteiger partial charge in [-0.05, 0) is 36.1 Å². The topological polar surface area (TPSA) is 49.9 Å². The molecule has 0 bridgehead atoms. The molecule has 0 spiro atoms. The van der Waals surface area contributed by atoms with Crippen molar-refractivity contribution in [3.05, 3.63) is 52.2 Å². The van der Waals surface area contributed by atoms with Gasteiger partial charge in [0.25, 0.3) is 0 Å². The highest BCUT2D eigenvalue weighted by Gasteiger charge is 2.21. The van der Waals surface area contributed by atoms with Crippen molar-refractivity contribution in [2.24, 2.45) is 0 Å². The monoisotopic (exact) mass is 372 g/mol. The lowest BCUT2D eigenvalue weighted by atomic mass is 10.2. The van der Waals surface area contributed by atoms with E-state index >= 15 is 0 Å². The first-order chi connectivity index (χ1) is 12.6. The predicted molar refractivity (Wildman–Crippen MR) is 103 cm³/mol. The molecule has 0 unspecified atom stereocenters. The van der Waals surface area contributed by atoms with Crippen LogP contribution in [0.15, 0.2) is 41.8 Å². The van der Waals surface area contributed by atoms with Gasteiger partial charge in [0.05, 0.1) is 11.3 Å². The summed E-state index contributed by atoms with van der Waals surface area (Å²) in [5.74, 6) is 1.08. The minimum absolute atomic E-state index is 0.0556. The fourth-order valence-electron chi connectivity index (χ4n) is 2.97. The Labute approximate surface area is 158 Å². The first kappa shape index (κ1) is 18.6. The summed E-state index contributed by atoms with van der Waals surface area (Å²) in [6.07, 6.45) is 0.376. The van der Waals surface area contributed by atoms with Gasteiger partial charge in [0.1, 0.15) is 12.4 Å². The molecule has 0 saturated carbocycles. The number of piperazine rings is 1. The van der Waals surface area contributed by atoms with Gasteiger partial charge in [-0.1, -0.05) is 18.2 Å². The average Bonchev–Trinajstić information content (AvgIpc) is 3.12. The highest BCUT2D eigenvalue weighted by molar-refractivity contribution is 7.12. The summed E-state index contributed by atoms with van der Waals surface area (Å²) in [7, 11) is 0. The van der Waals surface area contributed by atoms with Gasteiger partial charge in [0.15, 0.2) is 5.78 Å². The third kappa shape index (κ3) is 5.16. The van der Waals surface area contributed by atoms with Gasteiger partial charge < -0.3 is 9.64 Å². The van der Waals surface area contributed by atoms with Crippen LogP contribution in [0, 0.1) is 0 Å². The van der Waals surface area contributed by atoms with Gasteiger partial charge in [-0.2, -0.15) is 0 Å². The van der Waals surface area contributed by atoms with Crippen molar-refractivity contribution >= 4 is 23.0 Å². The number of thiophene rings is 1. The first-order valence-corrected chi connectivity index (χ1v) is 9.76. The molecule has 1 aromatic heterocycles. The van der Waals surface area contributed by atoms with Gasteiger partial charge in [-0.25, -0.2) is 0 Å². The maximum atomic E-state index is 12.5. The van der Waals surface area contributed by atoms with Crippen molar-refractivity contribution in [2.45, 2.75) is 13.3 Å². The molecule has 0 N–H and O–H groups in total. The molecule has 2 aromatic rings. The van der Waals surface area contributed by atoms with Crippen LogP contribution in [0.1, 0.15) is 22.2 Å². The number of para-hydroxylation sites is 1. The maximum absolute atomic E-state index is 12.5. The molecule has 3 rings (SSSR count). The second-order valence-electron chi connectivity index (χ2n) is 6.44. The van der Waals surface area contributed by atoms with E-state index in [4.69, 9.17) is 4.74 Å². The number of amides is 1. The summed E-state index contributed by atoms with van der Waals surface area (Å²) < 4.78 is 5.74. The molecule has 0 radical (unpaired) electrons. The Hall–Kier alpha value is -2.18. The Kier molecular flexibility index (Phi) is 6.41. The minimum atomic E-state index is 0.0556. The van der Waals surface area contributed by atoms with Gasteiger partial charge in [0.2, 0.25) is 5.91 Å². The van der Waals surface area contributed by atoms with Crippen molar-refractivity contribution in [1.82, 2.24) is 9.80 Å². The maximum Gasteiger partial charge on any atom is 0.227 e. The summed E-state index contributed by atoms with van der Waals surface area (Å²) in [6, 6.07) is 11.7. The summed E-state index contributed by atoms with van der Waals surface area (Å²) >= 11 is 1.41. The second kappa shape index (κ2) is 8.96. The molecular weight excluding hydrogens is 348 g/mol. The number of rotatable bonds is 7. The first-order valence-electron chi connectivity index (χ1n) is 8.88. The molecule has 138 valence electrons. The Morgan fingerprint density at radius 2 is 1.85 bits per heavy atom. The number of carbonyl (C=O) groups is 2. The number of nitrogens with zero attached hydrogens (tertiary/aromatic N) is 2. The molecule has 6 heteroatoms. The number of hydrogen-bond donors (Lipinski definition) is 0. The smallest absolute Gasteiger partial charge is 0.227 e. The van der Waals surface area contributed by atoms with E-state index in [0.717, 1.165) is 48.9 Å². The molecule has 1 aliphatic rings. The van der Waals surface area contributed by atoms with Crippen molar-refractivity contribution in [3.63, 3.8) is 0 Å². The average molecular weight is 372 g/mol. The third-order valence-electron chi connectivity index (χ3n) is 4.50. The summed E-state index contributed by atoms with van der Waals surface area (Å²) in [5, 5.41) is 1.91. The van der Waals surface area contributed by atoms with E-state index in [1.807, 2.05) is 46.7 Å². The molecule has 1 aliphatic heterocycles. The molecule has 1 fully saturated rings. The van der Waals surface area contributed by atoms with E-state index in [1.165, 1.54) is 11.3 Å². The van der Waals surface area contributed by atoms with E-state index in [2.05, 4.69) is 4.90 Å². The van der Waals surface area contributed by atoms with Crippen molar-refractivity contribution in [2.75, 3.05) is 39.3 Å². The van der Waals surface area contributed by atoms with E-state index in [1.54, 1.807) is 6.92 Å². The quantitative estimate of drug-likeness (QED) is 0.701. The molecule has 1 aromatic carbocycles. The lowest BCUT2D eigenvalue weighted by Gasteiger charge is -2.34. The van der Waals surface area contributed by atoms with Crippen LogP contribution < -0.4 is 4.74 Å². The summed E-state index contributed by atoms with van der Waals surface area (Å²) in [4.78, 5) is 28.8. The van der Waals surface area contributed by atoms with E-state index in [9.17, 15) is 9.59 Å². The van der Waals surface area contributed by atoms with Crippen LogP contribution in [0.3, 0.4) is 0 Å². The van der Waals surface area contributed by atoms with Gasteiger partial charge in [0, 0.05) is 32.7 Å². The SMILES string of the molecule is CC(=O)c1cc(CC(=O)N2CCN(CCOc3ccccc3)CC2)cs1. The standard InChI is InChI=1S/C20H24N2O3S/c1-16(23)19-13-17(15-26-19)14-20(24)22-9-7-21(8-10-22)11-12-25-18-5-3-2-4-6-18/h2-6,13,15H,7-12,14H2,1H3. The predicted octanol–water partition coefficient (Wildman–Crippen LogP) is 2.72. The molecule has 1 amide bonds. The Bertz CT molecular complexity index is 737. The number of carbonyl (C=O) groups excluding carboxylic acids is 2. The zero-order chi connectivity index (χ0) is 18.4. The minimum Gasteiger partial charge on any atom is -0.492 e. The number of Topliss-reactive ketones (excluding diaryl/α,β-unsaturated/α-hetero) is 1. The van der Waals surface area contributed by atoms with E-state index in [-0.39, 0.29) is 11.7 Å². The van der Waals surface area contributed by atoms with Gasteiger partial charge in [-0.3, -0.25) is 14.5 Å². The number of ether oxygens (including phenoxy) is 1. The lowest BCUT2D eigenvalue weighted by Crippen LogP contribution is -2.49. The second-order valence-corrected chi connectivity index (χ2v) is 7.35. The third-order valence-corrected chi connectivity index (χ3v) is 5.58. The fourth-order valence-corrected chi connectivity index (χ4v) is 3.78. The Balaban J connectivity index is 1.38. The van der Waals surface area contributed by atoms with Crippen molar-refractivity contribution < 1.29 is 14.3 Å². The fraction of sp³-hybridized carbons (Fsp3) is 0.400. The molecule has 2 heterocycles. The highest BCUT2D eigenvalue weighted by Crippen LogP contribution is 2.17. The largest absolute Gasteiger partial charge is 0.492 e. The van der Waals surface area contributed by atoms with E-state index in [0.29, 0.717) is 13.0 Å². The zero-order valence-corrected chi connectivity index (χ0v) is 15.8. The normalized spacial score (nSPS) is 15.0. The van der Waals surface area contributed by atoms with Gasteiger partial charge in [-0.15, -0.1) is 11.3 Å². The van der Waals surface area contributed by atoms with Crippen LogP contribution in [0.25, 0.3) is 0 Å². The molecular formula is C20H24N2O3S. The van der Waals surface area contributed by atoms with E-state index < -0.39 is 0 Å². The van der Waals surface area contributed by atoms with Crippen molar-refractivity contribution in [1.29, 1.82) is 0 Å². The van der Waals surface area contributed by atoms with Crippen LogP contribution in [0.5, 0.6) is 5.75 Å². The number of hydrogen-bond acceptors (Lipinski definition) is 5. The lowest BCUT2D eigenvalue weighted by molar-refractivity contribution is -0.132. The Morgan fingerprint density at radius 3 is 2.50 bits per heavy atom. The van der Waals surface area contributed by atoms with Crippen LogP contribution in [-0.4, -0.2) is 60.8 Å². The Morgan fingerprint density at radius 1 is 1.12 bits per heavy atom. The highest BCUT2D eigenvalue weighted by atomic mass is 32.1. The molecule has 0 aliphatic carbocycles. The van der Waals surface area contributed by atoms with Crippen LogP contribution in [-0.2, 0) is 11.2 Å². The number of benzene rings is 1. The number of ketones is 1. The summed E-state index contributed by atoms with van der Waals surface area (Å²) in [5.41, 5.74) is 0.934. The summed E-state index contributed by atoms with van der Waals surface area (Å²) in [6.45, 7) is 6.29. The van der Waals surface area contributed by atoms with Crippen LogP contribution >= 0.6 is 11.3 Å². The molecule has 26 heavy (non-hydrogen) atoms. The molecule has 1 saturated heterocycles. The van der Waals surface area contributed by atoms with Crippen LogP contribution in [0.2, 0.25) is 0 Å². The zero-order valence-electron chi connectivity index (χ0n) is 15.0.